The zero-order valence-electron chi connectivity index (χ0n) is 24.9. The molecular formula is C31H32N10O4. The molecule has 6 aromatic rings. The highest BCUT2D eigenvalue weighted by Gasteiger charge is 2.17. The van der Waals surface area contributed by atoms with Gasteiger partial charge in [0.15, 0.2) is 23.0 Å². The van der Waals surface area contributed by atoms with Gasteiger partial charge in [-0.15, -0.1) is 0 Å². The molecule has 0 saturated carbocycles. The fourth-order valence-corrected chi connectivity index (χ4v) is 4.89. The zero-order valence-corrected chi connectivity index (χ0v) is 24.9. The maximum Gasteiger partial charge on any atom is 0.221 e. The molecule has 0 aliphatic heterocycles. The summed E-state index contributed by atoms with van der Waals surface area (Å²) in [6, 6.07) is 11.2. The van der Waals surface area contributed by atoms with Gasteiger partial charge >= 0.3 is 0 Å². The molecule has 0 radical (unpaired) electrons. The monoisotopic (exact) mass is 608 g/mol. The van der Waals surface area contributed by atoms with E-state index >= 15 is 0 Å². The van der Waals surface area contributed by atoms with Crippen LogP contribution in [-0.2, 0) is 12.8 Å². The Labute approximate surface area is 258 Å². The largest absolute Gasteiger partial charge is 0.503 e. The molecule has 0 bridgehead atoms. The molecule has 0 fully saturated rings. The minimum atomic E-state index is 0.0170. The number of aromatic hydroxyl groups is 1. The van der Waals surface area contributed by atoms with Gasteiger partial charge < -0.3 is 42.3 Å². The van der Waals surface area contributed by atoms with Crippen LogP contribution < -0.4 is 37.1 Å². The standard InChI is InChI=1S/C16H17N5O2.C15H15N5O2/c1-22-12-7-9(6-10-8-20-16(18)21-15(10)17)11-4-3-5-19-13(11)14(12)23-2;1-22-11-6-8(5-9-7-19-15(17)20-14(9)16)10-3-2-4-18-12(10)13(11)21/h3-5,7-8H,6H2,1-2H3,(H4,17,18,20,21);2-4,6-7,21H,5H2,1H3,(H4,16,17,19,20). The number of aromatic nitrogens is 6. The number of ether oxygens (including phenoxy) is 3. The van der Waals surface area contributed by atoms with E-state index in [1.165, 1.54) is 7.11 Å². The second-order valence-electron chi connectivity index (χ2n) is 9.79. The van der Waals surface area contributed by atoms with E-state index in [0.29, 0.717) is 47.2 Å². The molecular weight excluding hydrogens is 576 g/mol. The molecule has 0 aliphatic carbocycles. The maximum atomic E-state index is 10.2. The van der Waals surface area contributed by atoms with Crippen LogP contribution >= 0.6 is 0 Å². The lowest BCUT2D eigenvalue weighted by Crippen LogP contribution is -2.05. The molecule has 4 heterocycles. The van der Waals surface area contributed by atoms with Crippen molar-refractivity contribution in [2.24, 2.45) is 0 Å². The minimum Gasteiger partial charge on any atom is -0.503 e. The van der Waals surface area contributed by atoms with E-state index in [-0.39, 0.29) is 17.6 Å². The first-order valence-corrected chi connectivity index (χ1v) is 13.6. The first kappa shape index (κ1) is 30.3. The van der Waals surface area contributed by atoms with Crippen LogP contribution in [0.2, 0.25) is 0 Å². The molecule has 6 rings (SSSR count). The highest BCUT2D eigenvalue weighted by Crippen LogP contribution is 2.38. The lowest BCUT2D eigenvalue weighted by Gasteiger charge is -2.14. The van der Waals surface area contributed by atoms with Crippen molar-refractivity contribution in [3.63, 3.8) is 0 Å². The Morgan fingerprint density at radius 1 is 0.622 bits per heavy atom. The van der Waals surface area contributed by atoms with Gasteiger partial charge in [-0.2, -0.15) is 9.97 Å². The molecule has 4 aromatic heterocycles. The number of fused-ring (bicyclic) bond motifs is 2. The Morgan fingerprint density at radius 3 is 1.60 bits per heavy atom. The van der Waals surface area contributed by atoms with E-state index in [4.69, 9.17) is 37.1 Å². The summed E-state index contributed by atoms with van der Waals surface area (Å²) < 4.78 is 16.1. The van der Waals surface area contributed by atoms with Crippen LogP contribution in [0.3, 0.4) is 0 Å². The smallest absolute Gasteiger partial charge is 0.221 e. The van der Waals surface area contributed by atoms with Gasteiger partial charge in [0.1, 0.15) is 22.7 Å². The Hall–Kier alpha value is -6.18. The topological polar surface area (TPSA) is 229 Å². The molecule has 45 heavy (non-hydrogen) atoms. The summed E-state index contributed by atoms with van der Waals surface area (Å²) in [6.45, 7) is 0. The molecule has 0 unspecified atom stereocenters. The Balaban J connectivity index is 0.000000178. The van der Waals surface area contributed by atoms with Crippen LogP contribution in [0.15, 0.2) is 61.2 Å². The molecule has 14 heteroatoms. The van der Waals surface area contributed by atoms with Gasteiger partial charge in [-0.25, -0.2) is 9.97 Å². The third-order valence-corrected chi connectivity index (χ3v) is 7.05. The van der Waals surface area contributed by atoms with Gasteiger partial charge in [0.25, 0.3) is 0 Å². The number of hydrogen-bond donors (Lipinski definition) is 5. The summed E-state index contributed by atoms with van der Waals surface area (Å²) in [5, 5.41) is 12.0. The van der Waals surface area contributed by atoms with Gasteiger partial charge in [-0.1, -0.05) is 12.1 Å². The summed E-state index contributed by atoms with van der Waals surface area (Å²) in [5.41, 5.74) is 27.5. The highest BCUT2D eigenvalue weighted by molar-refractivity contribution is 5.91. The molecule has 0 saturated heterocycles. The van der Waals surface area contributed by atoms with Crippen molar-refractivity contribution in [1.82, 2.24) is 29.9 Å². The van der Waals surface area contributed by atoms with E-state index in [0.717, 1.165) is 38.5 Å². The van der Waals surface area contributed by atoms with Crippen molar-refractivity contribution in [2.45, 2.75) is 12.8 Å². The molecule has 0 amide bonds. The fourth-order valence-electron chi connectivity index (χ4n) is 4.89. The summed E-state index contributed by atoms with van der Waals surface area (Å²) >= 11 is 0. The van der Waals surface area contributed by atoms with Crippen molar-refractivity contribution in [3.05, 3.63) is 83.4 Å². The van der Waals surface area contributed by atoms with E-state index in [1.807, 2.05) is 24.3 Å². The van der Waals surface area contributed by atoms with Crippen molar-refractivity contribution < 1.29 is 19.3 Å². The SMILES string of the molecule is COc1cc(Cc2cnc(N)nc2N)c2cccnc2c1O.COc1cc(Cc2cnc(N)nc2N)c2cccnc2c1OC. The van der Waals surface area contributed by atoms with Gasteiger partial charge in [-0.05, 0) is 35.4 Å². The summed E-state index contributed by atoms with van der Waals surface area (Å²) in [4.78, 5) is 24.6. The molecule has 0 spiro atoms. The number of nitrogens with zero attached hydrogens (tertiary/aromatic N) is 6. The van der Waals surface area contributed by atoms with Gasteiger partial charge in [0.05, 0.1) is 21.3 Å². The molecule has 230 valence electrons. The van der Waals surface area contributed by atoms with E-state index in [1.54, 1.807) is 51.1 Å². The predicted molar refractivity (Wildman–Crippen MR) is 172 cm³/mol. The average Bonchev–Trinajstić information content (AvgIpc) is 3.05. The summed E-state index contributed by atoms with van der Waals surface area (Å²) in [6.07, 6.45) is 7.58. The van der Waals surface area contributed by atoms with Crippen molar-refractivity contribution in [3.8, 4) is 23.0 Å². The number of hydrogen-bond acceptors (Lipinski definition) is 14. The molecule has 9 N–H and O–H groups in total. The van der Waals surface area contributed by atoms with Crippen LogP contribution in [0, 0.1) is 0 Å². The number of methoxy groups -OCH3 is 3. The van der Waals surface area contributed by atoms with Crippen LogP contribution in [-0.4, -0.2) is 56.3 Å². The van der Waals surface area contributed by atoms with Gasteiger partial charge in [0, 0.05) is 59.5 Å². The normalized spacial score (nSPS) is 10.7. The number of phenolic OH excluding ortho intramolecular Hbond substituents is 1. The van der Waals surface area contributed by atoms with Crippen LogP contribution in [0.5, 0.6) is 23.0 Å². The number of phenols is 1. The quantitative estimate of drug-likeness (QED) is 0.175. The highest BCUT2D eigenvalue weighted by atomic mass is 16.5. The third kappa shape index (κ3) is 6.29. The second kappa shape index (κ2) is 13.0. The maximum absolute atomic E-state index is 10.2. The molecule has 0 atom stereocenters. The average molecular weight is 609 g/mol. The number of rotatable bonds is 7. The van der Waals surface area contributed by atoms with Crippen molar-refractivity contribution in [1.29, 1.82) is 0 Å². The first-order chi connectivity index (χ1) is 21.7. The fraction of sp³-hybridized carbons (Fsp3) is 0.161. The van der Waals surface area contributed by atoms with Crippen LogP contribution in [0.4, 0.5) is 23.5 Å². The summed E-state index contributed by atoms with van der Waals surface area (Å²) in [7, 11) is 4.68. The zero-order chi connectivity index (χ0) is 32.1. The summed E-state index contributed by atoms with van der Waals surface area (Å²) in [5.74, 6) is 2.58. The number of nitrogen functional groups attached to an aromatic ring is 4. The lowest BCUT2D eigenvalue weighted by atomic mass is 10.0. The third-order valence-electron chi connectivity index (χ3n) is 7.05. The molecule has 14 nitrogen and oxygen atoms in total. The van der Waals surface area contributed by atoms with Gasteiger partial charge in [-0.3, -0.25) is 9.97 Å². The number of benzene rings is 2. The Kier molecular flexibility index (Phi) is 8.74. The van der Waals surface area contributed by atoms with Gasteiger partial charge in [0.2, 0.25) is 11.9 Å². The lowest BCUT2D eigenvalue weighted by molar-refractivity contribution is 0.357. The van der Waals surface area contributed by atoms with E-state index < -0.39 is 0 Å². The Morgan fingerprint density at radius 2 is 1.11 bits per heavy atom. The minimum absolute atomic E-state index is 0.0170. The number of nitrogens with two attached hydrogens (primary N) is 4. The first-order valence-electron chi connectivity index (χ1n) is 13.6. The predicted octanol–water partition coefficient (Wildman–Crippen LogP) is 3.29. The van der Waals surface area contributed by atoms with E-state index in [2.05, 4.69) is 29.9 Å². The number of anilines is 4. The van der Waals surface area contributed by atoms with Crippen LogP contribution in [0.1, 0.15) is 22.3 Å². The van der Waals surface area contributed by atoms with Crippen molar-refractivity contribution in [2.75, 3.05) is 44.3 Å². The van der Waals surface area contributed by atoms with Crippen molar-refractivity contribution >= 4 is 45.3 Å². The second-order valence-corrected chi connectivity index (χ2v) is 9.79. The number of pyridine rings is 2. The molecule has 2 aromatic carbocycles. The van der Waals surface area contributed by atoms with E-state index in [9.17, 15) is 5.11 Å². The molecule has 0 aliphatic rings. The van der Waals surface area contributed by atoms with Crippen LogP contribution in [0.25, 0.3) is 21.8 Å². The Bertz CT molecular complexity index is 2000.